The number of hydrogen-bond acceptors (Lipinski definition) is 5. The molecule has 7 nitrogen and oxygen atoms in total. The Bertz CT molecular complexity index is 1020. The Morgan fingerprint density at radius 3 is 2.38 bits per heavy atom. The van der Waals surface area contributed by atoms with Gasteiger partial charge in [-0.25, -0.2) is 4.79 Å². The molecule has 0 unspecified atom stereocenters. The first-order valence-corrected chi connectivity index (χ1v) is 9.63. The highest BCUT2D eigenvalue weighted by atomic mass is 79.9. The van der Waals surface area contributed by atoms with Crippen molar-refractivity contribution in [2.75, 3.05) is 4.90 Å². The monoisotopic (exact) mass is 474 g/mol. The van der Waals surface area contributed by atoms with E-state index < -0.39 is 23.9 Å². The zero-order valence-electron chi connectivity index (χ0n) is 15.1. The maximum absolute atomic E-state index is 12.9. The van der Waals surface area contributed by atoms with Gasteiger partial charge in [-0.3, -0.25) is 19.8 Å². The predicted octanol–water partition coefficient (Wildman–Crippen LogP) is 3.13. The van der Waals surface area contributed by atoms with E-state index in [0.29, 0.717) is 17.0 Å². The summed E-state index contributed by atoms with van der Waals surface area (Å²) >= 11 is 8.50. The Morgan fingerprint density at radius 2 is 1.79 bits per heavy atom. The van der Waals surface area contributed by atoms with Crippen molar-refractivity contribution >= 4 is 62.8 Å². The molecular weight excluding hydrogens is 460 g/mol. The molecule has 1 fully saturated rings. The number of ether oxygens (including phenoxy) is 1. The van der Waals surface area contributed by atoms with Crippen molar-refractivity contribution in [3.8, 4) is 5.75 Å². The summed E-state index contributed by atoms with van der Waals surface area (Å²) in [6.45, 7) is 1.42. The standard InChI is InChI=1S/C20H15BrN2O5S/c1-11(19(26)27)28-15-8-2-12(3-9-15)10-16-17(24)22-20(29)23(18(16)25)14-6-4-13(21)5-7-14/h2-11H,1H3,(H,26,27)(H,22,24,29)/b16-10+/t11-/m1/s1. The van der Waals surface area contributed by atoms with Crippen molar-refractivity contribution in [3.05, 3.63) is 64.1 Å². The van der Waals surface area contributed by atoms with Crippen molar-refractivity contribution in [3.63, 3.8) is 0 Å². The topological polar surface area (TPSA) is 95.9 Å². The molecule has 2 aromatic carbocycles. The summed E-state index contributed by atoms with van der Waals surface area (Å²) in [6, 6.07) is 13.3. The van der Waals surface area contributed by atoms with E-state index in [2.05, 4.69) is 21.2 Å². The van der Waals surface area contributed by atoms with E-state index in [1.54, 1.807) is 48.5 Å². The van der Waals surface area contributed by atoms with E-state index in [4.69, 9.17) is 22.1 Å². The highest BCUT2D eigenvalue weighted by molar-refractivity contribution is 9.10. The molecular formula is C20H15BrN2O5S. The number of nitrogens with one attached hydrogen (secondary N) is 1. The summed E-state index contributed by atoms with van der Waals surface area (Å²) in [6.07, 6.45) is 0.445. The van der Waals surface area contributed by atoms with Crippen LogP contribution in [-0.2, 0) is 14.4 Å². The van der Waals surface area contributed by atoms with Crippen molar-refractivity contribution in [1.29, 1.82) is 0 Å². The summed E-state index contributed by atoms with van der Waals surface area (Å²) in [4.78, 5) is 37.4. The van der Waals surface area contributed by atoms with Crippen LogP contribution in [0, 0.1) is 0 Å². The Kier molecular flexibility index (Phi) is 6.09. The van der Waals surface area contributed by atoms with Crippen LogP contribution in [0.25, 0.3) is 6.08 Å². The number of thiocarbonyl (C=S) groups is 1. The van der Waals surface area contributed by atoms with Crippen molar-refractivity contribution < 1.29 is 24.2 Å². The number of anilines is 1. The molecule has 148 valence electrons. The molecule has 2 N–H and O–H groups in total. The fourth-order valence-electron chi connectivity index (χ4n) is 2.55. The highest BCUT2D eigenvalue weighted by Crippen LogP contribution is 2.24. The van der Waals surface area contributed by atoms with Gasteiger partial charge >= 0.3 is 5.97 Å². The molecule has 0 saturated carbocycles. The number of halogens is 1. The lowest BCUT2D eigenvalue weighted by Gasteiger charge is -2.29. The molecule has 0 aromatic heterocycles. The van der Waals surface area contributed by atoms with Gasteiger partial charge in [-0.05, 0) is 67.2 Å². The number of benzene rings is 2. The molecule has 29 heavy (non-hydrogen) atoms. The lowest BCUT2D eigenvalue weighted by atomic mass is 10.1. The minimum atomic E-state index is -1.08. The third-order valence-electron chi connectivity index (χ3n) is 4.04. The third kappa shape index (κ3) is 4.69. The molecule has 0 spiro atoms. The second-order valence-electron chi connectivity index (χ2n) is 6.10. The van der Waals surface area contributed by atoms with Crippen LogP contribution in [-0.4, -0.2) is 34.1 Å². The smallest absolute Gasteiger partial charge is 0.344 e. The van der Waals surface area contributed by atoms with Gasteiger partial charge in [0.15, 0.2) is 11.2 Å². The highest BCUT2D eigenvalue weighted by Gasteiger charge is 2.34. The SMILES string of the molecule is C[C@@H](Oc1ccc(/C=C2\C(=O)NC(=S)N(c3ccc(Br)cc3)C2=O)cc1)C(=O)O. The maximum atomic E-state index is 12.9. The number of nitrogens with zero attached hydrogens (tertiary/aromatic N) is 1. The largest absolute Gasteiger partial charge is 0.479 e. The van der Waals surface area contributed by atoms with Gasteiger partial charge in [-0.1, -0.05) is 28.1 Å². The van der Waals surface area contributed by atoms with Gasteiger partial charge in [-0.15, -0.1) is 0 Å². The number of aliphatic carboxylic acids is 1. The molecule has 1 atom stereocenters. The summed E-state index contributed by atoms with van der Waals surface area (Å²) in [7, 11) is 0. The molecule has 0 bridgehead atoms. The van der Waals surface area contributed by atoms with Crippen LogP contribution in [0.3, 0.4) is 0 Å². The molecule has 1 aliphatic rings. The number of amides is 2. The average Bonchev–Trinajstić information content (AvgIpc) is 2.67. The van der Waals surface area contributed by atoms with Gasteiger partial charge in [0.25, 0.3) is 11.8 Å². The van der Waals surface area contributed by atoms with E-state index in [1.165, 1.54) is 17.9 Å². The lowest BCUT2D eigenvalue weighted by Crippen LogP contribution is -2.54. The number of hydrogen-bond donors (Lipinski definition) is 2. The fourth-order valence-corrected chi connectivity index (χ4v) is 3.09. The molecule has 3 rings (SSSR count). The first-order valence-electron chi connectivity index (χ1n) is 8.43. The lowest BCUT2D eigenvalue weighted by molar-refractivity contribution is -0.144. The molecule has 9 heteroatoms. The normalized spacial score (nSPS) is 16.6. The molecule has 1 saturated heterocycles. The second kappa shape index (κ2) is 8.54. The molecule has 1 heterocycles. The minimum absolute atomic E-state index is 0.00544. The van der Waals surface area contributed by atoms with E-state index in [-0.39, 0.29) is 10.7 Å². The number of carbonyl (C=O) groups excluding carboxylic acids is 2. The predicted molar refractivity (Wildman–Crippen MR) is 115 cm³/mol. The Morgan fingerprint density at radius 1 is 1.17 bits per heavy atom. The molecule has 0 aliphatic carbocycles. The molecule has 0 radical (unpaired) electrons. The van der Waals surface area contributed by atoms with Gasteiger partial charge in [-0.2, -0.15) is 0 Å². The molecule has 2 aromatic rings. The first-order chi connectivity index (χ1) is 13.8. The van der Waals surface area contributed by atoms with E-state index >= 15 is 0 Å². The number of carboxylic acids is 1. The van der Waals surface area contributed by atoms with Gasteiger partial charge in [0, 0.05) is 4.47 Å². The third-order valence-corrected chi connectivity index (χ3v) is 4.85. The maximum Gasteiger partial charge on any atom is 0.344 e. The van der Waals surface area contributed by atoms with Crippen LogP contribution >= 0.6 is 28.1 Å². The van der Waals surface area contributed by atoms with Crippen LogP contribution in [0.15, 0.2) is 58.6 Å². The minimum Gasteiger partial charge on any atom is -0.479 e. The van der Waals surface area contributed by atoms with Gasteiger partial charge in [0.1, 0.15) is 11.3 Å². The van der Waals surface area contributed by atoms with Crippen LogP contribution < -0.4 is 15.0 Å². The number of rotatable bonds is 5. The Hall–Kier alpha value is -3.04. The quantitative estimate of drug-likeness (QED) is 0.392. The molecule has 1 aliphatic heterocycles. The van der Waals surface area contributed by atoms with Gasteiger partial charge in [0.2, 0.25) is 0 Å². The number of carbonyl (C=O) groups is 3. The van der Waals surface area contributed by atoms with Crippen LogP contribution in [0.1, 0.15) is 12.5 Å². The van der Waals surface area contributed by atoms with E-state index in [1.807, 2.05) is 0 Å². The average molecular weight is 475 g/mol. The van der Waals surface area contributed by atoms with E-state index in [0.717, 1.165) is 4.47 Å². The van der Waals surface area contributed by atoms with Gasteiger partial charge < -0.3 is 9.84 Å². The summed E-state index contributed by atoms with van der Waals surface area (Å²) in [5.41, 5.74) is 1.02. The first kappa shape index (κ1) is 20.7. The number of carboxylic acid groups (broad SMARTS) is 1. The summed E-state index contributed by atoms with van der Waals surface area (Å²) in [5.74, 6) is -1.85. The van der Waals surface area contributed by atoms with Crippen molar-refractivity contribution in [2.45, 2.75) is 13.0 Å². The fraction of sp³-hybridized carbons (Fsp3) is 0.100. The summed E-state index contributed by atoms with van der Waals surface area (Å²) < 4.78 is 6.11. The zero-order valence-corrected chi connectivity index (χ0v) is 17.5. The van der Waals surface area contributed by atoms with Crippen LogP contribution in [0.5, 0.6) is 5.75 Å². The Labute approximate surface area is 180 Å². The van der Waals surface area contributed by atoms with E-state index in [9.17, 15) is 14.4 Å². The zero-order chi connectivity index (χ0) is 21.1. The van der Waals surface area contributed by atoms with Crippen LogP contribution in [0.2, 0.25) is 0 Å². The van der Waals surface area contributed by atoms with Crippen molar-refractivity contribution in [1.82, 2.24) is 5.32 Å². The van der Waals surface area contributed by atoms with Crippen molar-refractivity contribution in [2.24, 2.45) is 0 Å². The Balaban J connectivity index is 1.86. The summed E-state index contributed by atoms with van der Waals surface area (Å²) in [5, 5.41) is 11.4. The second-order valence-corrected chi connectivity index (χ2v) is 7.40. The van der Waals surface area contributed by atoms with Gasteiger partial charge in [0.05, 0.1) is 5.69 Å². The molecule has 2 amide bonds. The van der Waals surface area contributed by atoms with Crippen LogP contribution in [0.4, 0.5) is 5.69 Å².